The van der Waals surface area contributed by atoms with Gasteiger partial charge in [-0.25, -0.2) is 0 Å². The zero-order valence-corrected chi connectivity index (χ0v) is 9.00. The minimum absolute atomic E-state index is 0.887. The van der Waals surface area contributed by atoms with E-state index in [1.54, 1.807) is 0 Å². The van der Waals surface area contributed by atoms with Crippen LogP contribution in [0.1, 0.15) is 0 Å². The van der Waals surface area contributed by atoms with Crippen LogP contribution in [0.4, 0.5) is 0 Å². The van der Waals surface area contributed by atoms with Crippen LogP contribution < -0.4 is 5.32 Å². The van der Waals surface area contributed by atoms with Gasteiger partial charge < -0.3 is 10.2 Å². The first-order valence-corrected chi connectivity index (χ1v) is 4.46. The Labute approximate surface area is 81.8 Å². The van der Waals surface area contributed by atoms with Crippen molar-refractivity contribution in [3.63, 3.8) is 0 Å². The lowest BCUT2D eigenvalue weighted by atomic mass is 10.5. The summed E-state index contributed by atoms with van der Waals surface area (Å²) in [6.45, 7) is 3.77. The van der Waals surface area contributed by atoms with Crippen LogP contribution in [0, 0.1) is 0 Å². The third kappa shape index (κ3) is 7.45. The van der Waals surface area contributed by atoms with E-state index < -0.39 is 0 Å². The van der Waals surface area contributed by atoms with Gasteiger partial charge in [-0.2, -0.15) is 0 Å². The lowest BCUT2D eigenvalue weighted by Gasteiger charge is -2.04. The lowest BCUT2D eigenvalue weighted by molar-refractivity contribution is 0.560. The van der Waals surface area contributed by atoms with Crippen LogP contribution in [-0.2, 0) is 0 Å². The second-order valence-electron chi connectivity index (χ2n) is 2.24. The molecule has 0 heterocycles. The topological polar surface area (TPSA) is 15.3 Å². The summed E-state index contributed by atoms with van der Waals surface area (Å²) in [6.07, 6.45) is 5.67. The quantitative estimate of drug-likeness (QED) is 0.617. The number of hydrogen-bond donors (Lipinski definition) is 1. The van der Waals surface area contributed by atoms with Gasteiger partial charge in [0.2, 0.25) is 0 Å². The molecule has 1 N–H and O–H groups in total. The average Bonchev–Trinajstić information content (AvgIpc) is 1.87. The molecule has 3 heteroatoms. The molecule has 0 saturated heterocycles. The van der Waals surface area contributed by atoms with Crippen LogP contribution in [0.25, 0.3) is 0 Å². The summed E-state index contributed by atoms with van der Waals surface area (Å²) in [6, 6.07) is 0. The summed E-state index contributed by atoms with van der Waals surface area (Å²) < 4.78 is 1.91. The predicted octanol–water partition coefficient (Wildman–Crippen LogP) is 2.07. The average molecular weight is 264 g/mol. The molecule has 0 aromatic heterocycles. The summed E-state index contributed by atoms with van der Waals surface area (Å²) in [5.74, 6) is 0. The van der Waals surface area contributed by atoms with Crippen LogP contribution in [0.3, 0.4) is 0 Å². The van der Waals surface area contributed by atoms with E-state index in [-0.39, 0.29) is 0 Å². The van der Waals surface area contributed by atoms with Crippen LogP contribution in [0.15, 0.2) is 34.8 Å². The summed E-state index contributed by atoms with van der Waals surface area (Å²) >= 11 is 2.15. The number of hydrogen-bond acceptors (Lipinski definition) is 2. The molecule has 0 unspecified atom stereocenters. The van der Waals surface area contributed by atoms with Crippen LogP contribution in [-0.4, -0.2) is 19.0 Å². The Morgan fingerprint density at radius 1 is 1.55 bits per heavy atom. The van der Waals surface area contributed by atoms with Crippen molar-refractivity contribution in [3.8, 4) is 0 Å². The van der Waals surface area contributed by atoms with Crippen LogP contribution >= 0.6 is 22.6 Å². The zero-order chi connectivity index (χ0) is 8.69. The Morgan fingerprint density at radius 2 is 2.18 bits per heavy atom. The van der Waals surface area contributed by atoms with Gasteiger partial charge in [-0.3, -0.25) is 0 Å². The Kier molecular flexibility index (Phi) is 6.02. The molecule has 0 rings (SSSR count). The fourth-order valence-corrected chi connectivity index (χ4v) is 0.852. The third-order valence-corrected chi connectivity index (χ3v) is 1.27. The van der Waals surface area contributed by atoms with Crippen molar-refractivity contribution >= 4 is 22.6 Å². The van der Waals surface area contributed by atoms with Gasteiger partial charge in [-0.1, -0.05) is 29.2 Å². The first kappa shape index (κ1) is 10.6. The molecular weight excluding hydrogens is 251 g/mol. The molecule has 0 fully saturated rings. The smallest absolute Gasteiger partial charge is 0.0311 e. The first-order chi connectivity index (χ1) is 5.16. The standard InChI is InChI=1S/C8H13IN2/c1-8(4-5-9)10-6-7-11(2)3/h4-7,10H,1H2,2-3H3/b5-4-,7-6-. The van der Waals surface area contributed by atoms with Gasteiger partial charge >= 0.3 is 0 Å². The van der Waals surface area contributed by atoms with Crippen LogP contribution in [0.5, 0.6) is 0 Å². The predicted molar refractivity (Wildman–Crippen MR) is 58.3 cm³/mol. The SMILES string of the molecule is C=C(/C=C\I)N/C=C\N(C)C. The summed E-state index contributed by atoms with van der Waals surface area (Å²) in [7, 11) is 3.93. The highest BCUT2D eigenvalue weighted by molar-refractivity contribution is 14.1. The fourth-order valence-electron chi connectivity index (χ4n) is 0.418. The van der Waals surface area contributed by atoms with E-state index in [4.69, 9.17) is 0 Å². The van der Waals surface area contributed by atoms with Crippen molar-refractivity contribution in [2.45, 2.75) is 0 Å². The summed E-state index contributed by atoms with van der Waals surface area (Å²) in [5, 5.41) is 3.01. The van der Waals surface area contributed by atoms with Gasteiger partial charge in [0.1, 0.15) is 0 Å². The molecule has 0 aliphatic heterocycles. The van der Waals surface area contributed by atoms with E-state index in [1.807, 2.05) is 41.6 Å². The van der Waals surface area contributed by atoms with Gasteiger partial charge in [0, 0.05) is 32.2 Å². The summed E-state index contributed by atoms with van der Waals surface area (Å²) in [4.78, 5) is 1.95. The molecule has 0 spiro atoms. The normalized spacial score (nSPS) is 10.8. The van der Waals surface area contributed by atoms with Gasteiger partial charge in [0.25, 0.3) is 0 Å². The number of nitrogens with zero attached hydrogens (tertiary/aromatic N) is 1. The van der Waals surface area contributed by atoms with E-state index in [0.717, 1.165) is 5.70 Å². The first-order valence-electron chi connectivity index (χ1n) is 3.22. The lowest BCUT2D eigenvalue weighted by Crippen LogP contribution is -2.06. The highest BCUT2D eigenvalue weighted by Gasteiger charge is 1.79. The molecule has 0 aliphatic rings. The monoisotopic (exact) mass is 264 g/mol. The number of halogens is 1. The Morgan fingerprint density at radius 3 is 2.64 bits per heavy atom. The van der Waals surface area contributed by atoms with Crippen molar-refractivity contribution < 1.29 is 0 Å². The number of nitrogens with one attached hydrogen (secondary N) is 1. The molecule has 0 bridgehead atoms. The van der Waals surface area contributed by atoms with Crippen molar-refractivity contribution in [3.05, 3.63) is 34.8 Å². The molecule has 0 aliphatic carbocycles. The molecule has 0 aromatic rings. The molecule has 11 heavy (non-hydrogen) atoms. The van der Waals surface area contributed by atoms with E-state index in [9.17, 15) is 0 Å². The molecule has 0 amide bonds. The third-order valence-electron chi connectivity index (χ3n) is 0.906. The Balaban J connectivity index is 3.62. The highest BCUT2D eigenvalue weighted by Crippen LogP contribution is 1.91. The van der Waals surface area contributed by atoms with E-state index in [0.29, 0.717) is 0 Å². The van der Waals surface area contributed by atoms with Crippen molar-refractivity contribution in [2.24, 2.45) is 0 Å². The van der Waals surface area contributed by atoms with E-state index in [2.05, 4.69) is 34.5 Å². The molecule has 0 radical (unpaired) electrons. The summed E-state index contributed by atoms with van der Waals surface area (Å²) in [5.41, 5.74) is 0.887. The Hall–Kier alpha value is -0.450. The molecular formula is C8H13IN2. The van der Waals surface area contributed by atoms with Crippen molar-refractivity contribution in [2.75, 3.05) is 14.1 Å². The van der Waals surface area contributed by atoms with Gasteiger partial charge in [0.05, 0.1) is 0 Å². The van der Waals surface area contributed by atoms with Gasteiger partial charge in [-0.15, -0.1) is 0 Å². The maximum Gasteiger partial charge on any atom is 0.0311 e. The van der Waals surface area contributed by atoms with Gasteiger partial charge in [0.15, 0.2) is 0 Å². The van der Waals surface area contributed by atoms with Crippen molar-refractivity contribution in [1.29, 1.82) is 0 Å². The maximum absolute atomic E-state index is 3.77. The minimum atomic E-state index is 0.887. The second kappa shape index (κ2) is 6.27. The maximum atomic E-state index is 3.77. The van der Waals surface area contributed by atoms with Crippen LogP contribution in [0.2, 0.25) is 0 Å². The second-order valence-corrected chi connectivity index (χ2v) is 2.96. The zero-order valence-electron chi connectivity index (χ0n) is 6.84. The molecule has 0 aromatic carbocycles. The molecule has 0 saturated carbocycles. The highest BCUT2D eigenvalue weighted by atomic mass is 127. The van der Waals surface area contributed by atoms with Gasteiger partial charge in [-0.05, 0) is 10.2 Å². The number of allylic oxidation sites excluding steroid dienone is 1. The molecule has 2 nitrogen and oxygen atoms in total. The van der Waals surface area contributed by atoms with E-state index >= 15 is 0 Å². The number of rotatable bonds is 4. The Bertz CT molecular complexity index is 171. The molecule has 0 atom stereocenters. The van der Waals surface area contributed by atoms with Crippen molar-refractivity contribution in [1.82, 2.24) is 10.2 Å². The minimum Gasteiger partial charge on any atom is -0.382 e. The fraction of sp³-hybridized carbons (Fsp3) is 0.250. The molecule has 62 valence electrons. The largest absolute Gasteiger partial charge is 0.382 e. The van der Waals surface area contributed by atoms with E-state index in [1.165, 1.54) is 0 Å².